The monoisotopic (exact) mass is 200 g/mol. The molecular weight excluding hydrogens is 192 g/mol. The van der Waals surface area contributed by atoms with Crippen LogP contribution in [0.5, 0.6) is 0 Å². The summed E-state index contributed by atoms with van der Waals surface area (Å²) < 4.78 is 1.55. The molecule has 13 heavy (non-hydrogen) atoms. The molecule has 70 valence electrons. The zero-order chi connectivity index (χ0) is 9.59. The number of nitrogens with zero attached hydrogens (tertiary/aromatic N) is 2. The second-order valence-electron chi connectivity index (χ2n) is 3.30. The summed E-state index contributed by atoms with van der Waals surface area (Å²) in [6.45, 7) is 0. The molecule has 1 heterocycles. The molecule has 1 saturated carbocycles. The zero-order valence-electron chi connectivity index (χ0n) is 7.07. The van der Waals surface area contributed by atoms with Gasteiger partial charge in [-0.1, -0.05) is 11.6 Å². The molecule has 0 aliphatic heterocycles. The number of rotatable bonds is 2. The zero-order valence-corrected chi connectivity index (χ0v) is 7.82. The Morgan fingerprint density at radius 3 is 2.92 bits per heavy atom. The van der Waals surface area contributed by atoms with Crippen molar-refractivity contribution < 1.29 is 9.90 Å². The predicted molar refractivity (Wildman–Crippen MR) is 46.7 cm³/mol. The van der Waals surface area contributed by atoms with Gasteiger partial charge in [-0.3, -0.25) is 9.48 Å². The number of hydrogen-bond donors (Lipinski definition) is 1. The van der Waals surface area contributed by atoms with E-state index in [1.54, 1.807) is 17.9 Å². The molecule has 1 aromatic rings. The molecule has 2 unspecified atom stereocenters. The number of aromatic nitrogens is 2. The normalized spacial score (nSPS) is 26.0. The van der Waals surface area contributed by atoms with Gasteiger partial charge in [0.2, 0.25) is 0 Å². The van der Waals surface area contributed by atoms with Gasteiger partial charge in [-0.2, -0.15) is 5.10 Å². The highest BCUT2D eigenvalue weighted by Crippen LogP contribution is 2.49. The number of aliphatic carboxylic acids is 1. The van der Waals surface area contributed by atoms with Crippen molar-refractivity contribution in [2.24, 2.45) is 13.0 Å². The Kier molecular flexibility index (Phi) is 1.80. The molecule has 1 aromatic heterocycles. The highest BCUT2D eigenvalue weighted by Gasteiger charge is 2.45. The molecule has 1 aliphatic carbocycles. The number of halogens is 1. The summed E-state index contributed by atoms with van der Waals surface area (Å²) in [5.41, 5.74) is 0.858. The molecule has 1 fully saturated rings. The van der Waals surface area contributed by atoms with Crippen LogP contribution in [0.3, 0.4) is 0 Å². The largest absolute Gasteiger partial charge is 0.481 e. The SMILES string of the molecule is Cn1ncc(C2CC2C(=O)O)c1Cl. The van der Waals surface area contributed by atoms with E-state index in [0.717, 1.165) is 5.56 Å². The Labute approximate surface area is 80.1 Å². The number of carbonyl (C=O) groups is 1. The Bertz CT molecular complexity index is 361. The molecule has 0 amide bonds. The minimum Gasteiger partial charge on any atom is -0.481 e. The van der Waals surface area contributed by atoms with Crippen LogP contribution in [0.4, 0.5) is 0 Å². The van der Waals surface area contributed by atoms with Crippen molar-refractivity contribution in [2.45, 2.75) is 12.3 Å². The Hall–Kier alpha value is -1.03. The van der Waals surface area contributed by atoms with Crippen LogP contribution in [-0.4, -0.2) is 20.9 Å². The number of carboxylic acids is 1. The van der Waals surface area contributed by atoms with Crippen LogP contribution >= 0.6 is 11.6 Å². The molecule has 0 bridgehead atoms. The summed E-state index contributed by atoms with van der Waals surface area (Å²) in [6, 6.07) is 0. The summed E-state index contributed by atoms with van der Waals surface area (Å²) in [6.07, 6.45) is 2.33. The van der Waals surface area contributed by atoms with Crippen LogP contribution in [0.15, 0.2) is 6.20 Å². The number of aryl methyl sites for hydroxylation is 1. The van der Waals surface area contributed by atoms with E-state index in [9.17, 15) is 4.79 Å². The highest BCUT2D eigenvalue weighted by atomic mass is 35.5. The fraction of sp³-hybridized carbons (Fsp3) is 0.500. The standard InChI is InChI=1S/C8H9ClN2O2/c1-11-7(9)6(3-10-11)4-2-5(4)8(12)13/h3-5H,2H2,1H3,(H,12,13). The maximum atomic E-state index is 10.6. The number of hydrogen-bond acceptors (Lipinski definition) is 2. The third kappa shape index (κ3) is 1.31. The van der Waals surface area contributed by atoms with Crippen molar-refractivity contribution in [1.29, 1.82) is 0 Å². The van der Waals surface area contributed by atoms with Crippen LogP contribution in [0.25, 0.3) is 0 Å². The van der Waals surface area contributed by atoms with Crippen LogP contribution in [0.2, 0.25) is 5.15 Å². The maximum Gasteiger partial charge on any atom is 0.307 e. The second kappa shape index (κ2) is 2.73. The van der Waals surface area contributed by atoms with Crippen molar-refractivity contribution in [3.63, 3.8) is 0 Å². The van der Waals surface area contributed by atoms with E-state index in [-0.39, 0.29) is 11.8 Å². The first kappa shape index (κ1) is 8.56. The topological polar surface area (TPSA) is 55.1 Å². The van der Waals surface area contributed by atoms with Crippen molar-refractivity contribution in [1.82, 2.24) is 9.78 Å². The molecule has 2 atom stereocenters. The third-order valence-corrected chi connectivity index (χ3v) is 2.86. The van der Waals surface area contributed by atoms with Gasteiger partial charge in [-0.05, 0) is 6.42 Å². The van der Waals surface area contributed by atoms with Gasteiger partial charge in [-0.25, -0.2) is 0 Å². The van der Waals surface area contributed by atoms with E-state index < -0.39 is 5.97 Å². The third-order valence-electron chi connectivity index (χ3n) is 2.40. The number of carboxylic acid groups (broad SMARTS) is 1. The van der Waals surface area contributed by atoms with E-state index >= 15 is 0 Å². The molecule has 2 rings (SSSR count). The molecule has 0 saturated heterocycles. The van der Waals surface area contributed by atoms with Gasteiger partial charge >= 0.3 is 5.97 Å². The van der Waals surface area contributed by atoms with Crippen LogP contribution in [0.1, 0.15) is 17.9 Å². The first-order valence-electron chi connectivity index (χ1n) is 4.01. The van der Waals surface area contributed by atoms with E-state index in [1.165, 1.54) is 0 Å². The first-order valence-corrected chi connectivity index (χ1v) is 4.39. The van der Waals surface area contributed by atoms with E-state index in [2.05, 4.69) is 5.10 Å². The average molecular weight is 201 g/mol. The Balaban J connectivity index is 2.20. The minimum absolute atomic E-state index is 0.0682. The molecule has 4 nitrogen and oxygen atoms in total. The smallest absolute Gasteiger partial charge is 0.307 e. The fourth-order valence-electron chi connectivity index (χ4n) is 1.50. The molecule has 1 aliphatic rings. The van der Waals surface area contributed by atoms with Crippen molar-refractivity contribution in [3.05, 3.63) is 16.9 Å². The summed E-state index contributed by atoms with van der Waals surface area (Å²) >= 11 is 5.92. The van der Waals surface area contributed by atoms with Gasteiger partial charge in [0, 0.05) is 18.5 Å². The molecular formula is C8H9ClN2O2. The summed E-state index contributed by atoms with van der Waals surface area (Å²) in [4.78, 5) is 10.6. The fourth-order valence-corrected chi connectivity index (χ4v) is 1.73. The van der Waals surface area contributed by atoms with Gasteiger partial charge < -0.3 is 5.11 Å². The van der Waals surface area contributed by atoms with Gasteiger partial charge in [0.25, 0.3) is 0 Å². The van der Waals surface area contributed by atoms with Crippen molar-refractivity contribution >= 4 is 17.6 Å². The quantitative estimate of drug-likeness (QED) is 0.782. The van der Waals surface area contributed by atoms with Gasteiger partial charge in [-0.15, -0.1) is 0 Å². The minimum atomic E-state index is -0.745. The van der Waals surface area contributed by atoms with E-state index in [1.807, 2.05) is 0 Å². The average Bonchev–Trinajstić information content (AvgIpc) is 2.78. The summed E-state index contributed by atoms with van der Waals surface area (Å²) in [5.74, 6) is -0.940. The highest BCUT2D eigenvalue weighted by molar-refractivity contribution is 6.30. The van der Waals surface area contributed by atoms with Crippen LogP contribution in [-0.2, 0) is 11.8 Å². The van der Waals surface area contributed by atoms with Gasteiger partial charge in [0.1, 0.15) is 5.15 Å². The summed E-state index contributed by atoms with van der Waals surface area (Å²) in [7, 11) is 1.74. The van der Waals surface area contributed by atoms with Gasteiger partial charge in [0.15, 0.2) is 0 Å². The molecule has 0 radical (unpaired) electrons. The Morgan fingerprint density at radius 2 is 2.54 bits per heavy atom. The lowest BCUT2D eigenvalue weighted by Crippen LogP contribution is -1.98. The Morgan fingerprint density at radius 1 is 1.85 bits per heavy atom. The lowest BCUT2D eigenvalue weighted by molar-refractivity contribution is -0.138. The molecule has 0 spiro atoms. The molecule has 0 aromatic carbocycles. The predicted octanol–water partition coefficient (Wildman–Crippen LogP) is 1.26. The second-order valence-corrected chi connectivity index (χ2v) is 3.66. The van der Waals surface area contributed by atoms with Crippen molar-refractivity contribution in [2.75, 3.05) is 0 Å². The molecule has 5 heteroatoms. The van der Waals surface area contributed by atoms with Crippen molar-refractivity contribution in [3.8, 4) is 0 Å². The van der Waals surface area contributed by atoms with Crippen LogP contribution < -0.4 is 0 Å². The lowest BCUT2D eigenvalue weighted by atomic mass is 10.2. The molecule has 1 N–H and O–H groups in total. The maximum absolute atomic E-state index is 10.6. The van der Waals surface area contributed by atoms with E-state index in [0.29, 0.717) is 11.6 Å². The summed E-state index contributed by atoms with van der Waals surface area (Å²) in [5, 5.41) is 13.2. The van der Waals surface area contributed by atoms with E-state index in [4.69, 9.17) is 16.7 Å². The van der Waals surface area contributed by atoms with Gasteiger partial charge in [0.05, 0.1) is 12.1 Å². The van der Waals surface area contributed by atoms with Crippen LogP contribution in [0, 0.1) is 5.92 Å². The lowest BCUT2D eigenvalue weighted by Gasteiger charge is -1.94. The first-order chi connectivity index (χ1) is 6.11.